The van der Waals surface area contributed by atoms with E-state index in [1.165, 1.54) is 6.92 Å². The number of esters is 1. The van der Waals surface area contributed by atoms with Gasteiger partial charge in [0.2, 0.25) is 11.8 Å². The molecule has 0 spiro atoms. The number of amides is 3. The van der Waals surface area contributed by atoms with Gasteiger partial charge in [0.05, 0.1) is 0 Å². The summed E-state index contributed by atoms with van der Waals surface area (Å²) in [6, 6.07) is 6.50. The molecular formula is C26H41N3O6. The minimum atomic E-state index is -0.913. The van der Waals surface area contributed by atoms with E-state index in [0.717, 1.165) is 5.56 Å². The van der Waals surface area contributed by atoms with Crippen molar-refractivity contribution in [3.8, 4) is 0 Å². The summed E-state index contributed by atoms with van der Waals surface area (Å²) in [5.41, 5.74) is 0.133. The average molecular weight is 492 g/mol. The van der Waals surface area contributed by atoms with Crippen LogP contribution in [-0.4, -0.2) is 47.6 Å². The van der Waals surface area contributed by atoms with Crippen LogP contribution in [-0.2, 0) is 30.5 Å². The third kappa shape index (κ3) is 11.7. The molecule has 0 radical (unpaired) electrons. The summed E-state index contributed by atoms with van der Waals surface area (Å²) in [4.78, 5) is 50.6. The van der Waals surface area contributed by atoms with Gasteiger partial charge in [-0.1, -0.05) is 58.0 Å². The number of alkyl carbamates (subject to hydrolysis) is 1. The van der Waals surface area contributed by atoms with Gasteiger partial charge in [0.15, 0.2) is 0 Å². The summed E-state index contributed by atoms with van der Waals surface area (Å²) in [6.45, 7) is 14.2. The maximum absolute atomic E-state index is 13.0. The molecule has 1 aromatic carbocycles. The molecule has 3 N–H and O–H groups in total. The number of hydrogen-bond donors (Lipinski definition) is 3. The topological polar surface area (TPSA) is 123 Å². The van der Waals surface area contributed by atoms with Crippen molar-refractivity contribution in [2.45, 2.75) is 92.1 Å². The zero-order chi connectivity index (χ0) is 26.8. The van der Waals surface area contributed by atoms with Gasteiger partial charge in [-0.3, -0.25) is 9.59 Å². The molecule has 0 bridgehead atoms. The standard InChI is InChI=1S/C26H41N3O6/c1-16(2)14-20(22(30)27-18(5)24(32)35-26(6,7)8)28-23(31)21(17(3)4)29-25(33)34-15-19-12-10-9-11-13-19/h9-13,16-18,20-21H,14-15H2,1-8H3,(H,27,30)(H,28,31)(H,29,33)/t18-,20-,21-/m0/s1. The first-order valence-electron chi connectivity index (χ1n) is 12.0. The third-order valence-electron chi connectivity index (χ3n) is 4.89. The van der Waals surface area contributed by atoms with Gasteiger partial charge < -0.3 is 25.4 Å². The minimum absolute atomic E-state index is 0.0695. The number of ether oxygens (including phenoxy) is 2. The van der Waals surface area contributed by atoms with Gasteiger partial charge in [-0.05, 0) is 51.5 Å². The molecule has 3 amide bonds. The Kier molecular flexibility index (Phi) is 11.7. The van der Waals surface area contributed by atoms with Crippen molar-refractivity contribution >= 4 is 23.9 Å². The number of carbonyl (C=O) groups excluding carboxylic acids is 4. The van der Waals surface area contributed by atoms with Crippen LogP contribution in [0.4, 0.5) is 4.79 Å². The molecule has 0 saturated heterocycles. The molecule has 0 aliphatic rings. The zero-order valence-corrected chi connectivity index (χ0v) is 22.1. The number of benzene rings is 1. The second-order valence-corrected chi connectivity index (χ2v) is 10.4. The Bertz CT molecular complexity index is 848. The zero-order valence-electron chi connectivity index (χ0n) is 22.1. The van der Waals surface area contributed by atoms with Gasteiger partial charge in [0.25, 0.3) is 0 Å². The van der Waals surface area contributed by atoms with Crippen molar-refractivity contribution in [1.29, 1.82) is 0 Å². The van der Waals surface area contributed by atoms with Crippen molar-refractivity contribution in [1.82, 2.24) is 16.0 Å². The third-order valence-corrected chi connectivity index (χ3v) is 4.89. The van der Waals surface area contributed by atoms with Crippen molar-refractivity contribution in [2.24, 2.45) is 11.8 Å². The summed E-state index contributed by atoms with van der Waals surface area (Å²) in [7, 11) is 0. The molecule has 0 aliphatic heterocycles. The first kappa shape index (κ1) is 29.9. The van der Waals surface area contributed by atoms with E-state index in [9.17, 15) is 19.2 Å². The highest BCUT2D eigenvalue weighted by Crippen LogP contribution is 2.11. The lowest BCUT2D eigenvalue weighted by Crippen LogP contribution is -2.57. The SMILES string of the molecule is CC(C)C[C@H](NC(=O)[C@@H](NC(=O)OCc1ccccc1)C(C)C)C(=O)N[C@@H](C)C(=O)OC(C)(C)C. The molecule has 9 nitrogen and oxygen atoms in total. The van der Waals surface area contributed by atoms with E-state index in [-0.39, 0.29) is 18.4 Å². The van der Waals surface area contributed by atoms with E-state index in [1.807, 2.05) is 44.2 Å². The van der Waals surface area contributed by atoms with E-state index in [1.54, 1.807) is 34.6 Å². The molecule has 0 aliphatic carbocycles. The molecule has 3 atom stereocenters. The van der Waals surface area contributed by atoms with Crippen LogP contribution < -0.4 is 16.0 Å². The highest BCUT2D eigenvalue weighted by molar-refractivity contribution is 5.93. The van der Waals surface area contributed by atoms with Crippen LogP contribution in [0, 0.1) is 11.8 Å². The number of nitrogens with one attached hydrogen (secondary N) is 3. The van der Waals surface area contributed by atoms with Crippen LogP contribution in [0.15, 0.2) is 30.3 Å². The van der Waals surface area contributed by atoms with Crippen molar-refractivity contribution < 1.29 is 28.7 Å². The average Bonchev–Trinajstić information content (AvgIpc) is 2.74. The Morgan fingerprint density at radius 1 is 0.857 bits per heavy atom. The fourth-order valence-electron chi connectivity index (χ4n) is 3.15. The number of carbonyl (C=O) groups is 4. The second kappa shape index (κ2) is 13.7. The maximum atomic E-state index is 13.0. The first-order valence-corrected chi connectivity index (χ1v) is 12.0. The van der Waals surface area contributed by atoms with Gasteiger partial charge in [0, 0.05) is 0 Å². The van der Waals surface area contributed by atoms with Gasteiger partial charge in [-0.2, -0.15) is 0 Å². The van der Waals surface area contributed by atoms with E-state index in [0.29, 0.717) is 6.42 Å². The van der Waals surface area contributed by atoms with Gasteiger partial charge in [-0.15, -0.1) is 0 Å². The molecule has 0 aromatic heterocycles. The second-order valence-electron chi connectivity index (χ2n) is 10.4. The summed E-state index contributed by atoms with van der Waals surface area (Å²) in [6.07, 6.45) is -0.381. The van der Waals surface area contributed by atoms with Crippen LogP contribution in [0.2, 0.25) is 0 Å². The lowest BCUT2D eigenvalue weighted by atomic mass is 10.00. The summed E-state index contributed by atoms with van der Waals surface area (Å²) in [5.74, 6) is -1.75. The van der Waals surface area contributed by atoms with E-state index < -0.39 is 47.6 Å². The van der Waals surface area contributed by atoms with Gasteiger partial charge in [-0.25, -0.2) is 9.59 Å². The summed E-state index contributed by atoms with van der Waals surface area (Å²) < 4.78 is 10.5. The van der Waals surface area contributed by atoms with Crippen LogP contribution in [0.5, 0.6) is 0 Å². The van der Waals surface area contributed by atoms with Crippen molar-refractivity contribution in [2.75, 3.05) is 0 Å². The van der Waals surface area contributed by atoms with Crippen LogP contribution in [0.25, 0.3) is 0 Å². The molecule has 35 heavy (non-hydrogen) atoms. The van der Waals surface area contributed by atoms with Crippen LogP contribution in [0.3, 0.4) is 0 Å². The molecule has 0 unspecified atom stereocenters. The molecule has 1 rings (SSSR count). The first-order chi connectivity index (χ1) is 16.2. The lowest BCUT2D eigenvalue weighted by molar-refractivity contribution is -0.158. The van der Waals surface area contributed by atoms with Crippen molar-refractivity contribution in [3.63, 3.8) is 0 Å². The highest BCUT2D eigenvalue weighted by atomic mass is 16.6. The molecule has 9 heteroatoms. The smallest absolute Gasteiger partial charge is 0.408 e. The molecule has 1 aromatic rings. The number of hydrogen-bond acceptors (Lipinski definition) is 6. The van der Waals surface area contributed by atoms with E-state index in [2.05, 4.69) is 16.0 Å². The van der Waals surface area contributed by atoms with E-state index in [4.69, 9.17) is 9.47 Å². The maximum Gasteiger partial charge on any atom is 0.408 e. The molecule has 0 heterocycles. The minimum Gasteiger partial charge on any atom is -0.458 e. The fraction of sp³-hybridized carbons (Fsp3) is 0.615. The predicted molar refractivity (Wildman–Crippen MR) is 133 cm³/mol. The Balaban J connectivity index is 2.81. The van der Waals surface area contributed by atoms with Crippen LogP contribution in [0.1, 0.15) is 67.4 Å². The molecular weight excluding hydrogens is 450 g/mol. The molecule has 196 valence electrons. The Labute approximate surface area is 208 Å². The van der Waals surface area contributed by atoms with E-state index >= 15 is 0 Å². The van der Waals surface area contributed by atoms with Gasteiger partial charge >= 0.3 is 12.1 Å². The van der Waals surface area contributed by atoms with Gasteiger partial charge in [0.1, 0.15) is 30.3 Å². The number of rotatable bonds is 11. The Morgan fingerprint density at radius 3 is 1.97 bits per heavy atom. The lowest BCUT2D eigenvalue weighted by Gasteiger charge is -2.27. The van der Waals surface area contributed by atoms with Crippen LogP contribution >= 0.6 is 0 Å². The van der Waals surface area contributed by atoms with Crippen molar-refractivity contribution in [3.05, 3.63) is 35.9 Å². The normalized spacial score (nSPS) is 14.0. The highest BCUT2D eigenvalue weighted by Gasteiger charge is 2.31. The monoisotopic (exact) mass is 491 g/mol. The largest absolute Gasteiger partial charge is 0.458 e. The molecule has 0 saturated carbocycles. The molecule has 0 fully saturated rings. The summed E-state index contributed by atoms with van der Waals surface area (Å²) in [5, 5.41) is 7.94. The Hall–Kier alpha value is -3.10. The predicted octanol–water partition coefficient (Wildman–Crippen LogP) is 3.31. The Morgan fingerprint density at radius 2 is 1.46 bits per heavy atom. The summed E-state index contributed by atoms with van der Waals surface area (Å²) >= 11 is 0. The quantitative estimate of drug-likeness (QED) is 0.408. The fourth-order valence-corrected chi connectivity index (χ4v) is 3.15.